The van der Waals surface area contributed by atoms with Crippen molar-refractivity contribution >= 4 is 15.9 Å². The molecule has 0 aliphatic heterocycles. The standard InChI is InChI=1S/C13H17BrO/c1-3-4-5-6-13(15)12-8-7-11(14)9-10(12)2/h3,7-9,13,15H,1,4-6H2,2H3. The van der Waals surface area contributed by atoms with Crippen LogP contribution in [0.3, 0.4) is 0 Å². The van der Waals surface area contributed by atoms with Crippen molar-refractivity contribution in [1.29, 1.82) is 0 Å². The molecule has 1 unspecified atom stereocenters. The number of aryl methyl sites for hydroxylation is 1. The molecule has 0 heterocycles. The third-order valence-corrected chi connectivity index (χ3v) is 2.97. The van der Waals surface area contributed by atoms with E-state index in [1.807, 2.05) is 31.2 Å². The molecular weight excluding hydrogens is 252 g/mol. The molecule has 1 rings (SSSR count). The van der Waals surface area contributed by atoms with Crippen LogP contribution < -0.4 is 0 Å². The zero-order chi connectivity index (χ0) is 11.3. The number of hydrogen-bond donors (Lipinski definition) is 1. The monoisotopic (exact) mass is 268 g/mol. The van der Waals surface area contributed by atoms with Crippen molar-refractivity contribution in [2.45, 2.75) is 32.3 Å². The van der Waals surface area contributed by atoms with Crippen molar-refractivity contribution in [3.05, 3.63) is 46.5 Å². The SMILES string of the molecule is C=CCCCC(O)c1ccc(Br)cc1C. The largest absolute Gasteiger partial charge is 0.388 e. The number of benzene rings is 1. The minimum Gasteiger partial charge on any atom is -0.388 e. The van der Waals surface area contributed by atoms with E-state index < -0.39 is 0 Å². The molecule has 2 heteroatoms. The smallest absolute Gasteiger partial charge is 0.0792 e. The molecule has 0 aliphatic rings. The first-order chi connectivity index (χ1) is 7.15. The Labute approximate surface area is 100.0 Å². The minimum atomic E-state index is -0.349. The van der Waals surface area contributed by atoms with Crippen LogP contribution in [0.15, 0.2) is 35.3 Å². The first kappa shape index (κ1) is 12.5. The van der Waals surface area contributed by atoms with Gasteiger partial charge in [-0.05, 0) is 49.4 Å². The maximum absolute atomic E-state index is 9.97. The number of hydrogen-bond acceptors (Lipinski definition) is 1. The molecule has 82 valence electrons. The lowest BCUT2D eigenvalue weighted by atomic mass is 9.99. The minimum absolute atomic E-state index is 0.349. The molecule has 0 saturated heterocycles. The Morgan fingerprint density at radius 1 is 1.53 bits per heavy atom. The summed E-state index contributed by atoms with van der Waals surface area (Å²) in [4.78, 5) is 0. The fourth-order valence-corrected chi connectivity index (χ4v) is 2.10. The van der Waals surface area contributed by atoms with Crippen molar-refractivity contribution in [1.82, 2.24) is 0 Å². The lowest BCUT2D eigenvalue weighted by Crippen LogP contribution is -1.99. The number of rotatable bonds is 5. The van der Waals surface area contributed by atoms with Gasteiger partial charge in [0.25, 0.3) is 0 Å². The van der Waals surface area contributed by atoms with Crippen LogP contribution in [0, 0.1) is 6.92 Å². The van der Waals surface area contributed by atoms with Crippen LogP contribution in [-0.4, -0.2) is 5.11 Å². The third-order valence-electron chi connectivity index (χ3n) is 2.48. The molecule has 0 radical (unpaired) electrons. The van der Waals surface area contributed by atoms with Crippen LogP contribution in [0.1, 0.15) is 36.5 Å². The van der Waals surface area contributed by atoms with Gasteiger partial charge in [-0.15, -0.1) is 6.58 Å². The first-order valence-electron chi connectivity index (χ1n) is 5.20. The fourth-order valence-electron chi connectivity index (χ4n) is 1.62. The second-order valence-electron chi connectivity index (χ2n) is 3.74. The quantitative estimate of drug-likeness (QED) is 0.629. The van der Waals surface area contributed by atoms with E-state index in [0.29, 0.717) is 0 Å². The van der Waals surface area contributed by atoms with Crippen molar-refractivity contribution in [2.75, 3.05) is 0 Å². The highest BCUT2D eigenvalue weighted by molar-refractivity contribution is 9.10. The summed E-state index contributed by atoms with van der Waals surface area (Å²) in [6, 6.07) is 5.99. The van der Waals surface area contributed by atoms with Gasteiger partial charge in [-0.3, -0.25) is 0 Å². The fraction of sp³-hybridized carbons (Fsp3) is 0.385. The van der Waals surface area contributed by atoms with Gasteiger partial charge in [0.05, 0.1) is 6.10 Å². The van der Waals surface area contributed by atoms with Crippen LogP contribution >= 0.6 is 15.9 Å². The number of allylic oxidation sites excluding steroid dienone is 1. The van der Waals surface area contributed by atoms with Gasteiger partial charge >= 0.3 is 0 Å². The summed E-state index contributed by atoms with van der Waals surface area (Å²) in [5.41, 5.74) is 2.16. The van der Waals surface area contributed by atoms with Gasteiger partial charge in [-0.2, -0.15) is 0 Å². The van der Waals surface area contributed by atoms with Gasteiger partial charge < -0.3 is 5.11 Å². The molecule has 0 fully saturated rings. The zero-order valence-corrected chi connectivity index (χ0v) is 10.6. The predicted molar refractivity (Wildman–Crippen MR) is 67.9 cm³/mol. The predicted octanol–water partition coefficient (Wildman–Crippen LogP) is 4.15. The normalized spacial score (nSPS) is 12.5. The van der Waals surface area contributed by atoms with Gasteiger partial charge in [0.15, 0.2) is 0 Å². The average Bonchev–Trinajstić information content (AvgIpc) is 2.17. The molecule has 0 saturated carbocycles. The van der Waals surface area contributed by atoms with E-state index in [4.69, 9.17) is 0 Å². The molecule has 0 spiro atoms. The summed E-state index contributed by atoms with van der Waals surface area (Å²) in [7, 11) is 0. The van der Waals surface area contributed by atoms with Crippen LogP contribution in [-0.2, 0) is 0 Å². The van der Waals surface area contributed by atoms with E-state index in [2.05, 4.69) is 22.5 Å². The van der Waals surface area contributed by atoms with E-state index in [0.717, 1.165) is 34.9 Å². The summed E-state index contributed by atoms with van der Waals surface area (Å²) < 4.78 is 1.06. The molecule has 0 aromatic heterocycles. The van der Waals surface area contributed by atoms with E-state index in [9.17, 15) is 5.11 Å². The number of unbranched alkanes of at least 4 members (excludes halogenated alkanes) is 1. The maximum atomic E-state index is 9.97. The Hall–Kier alpha value is -0.600. The van der Waals surface area contributed by atoms with Crippen molar-refractivity contribution in [2.24, 2.45) is 0 Å². The Kier molecular flexibility index (Phi) is 5.06. The molecule has 1 aromatic rings. The molecule has 1 atom stereocenters. The van der Waals surface area contributed by atoms with Crippen molar-refractivity contribution in [3.63, 3.8) is 0 Å². The Morgan fingerprint density at radius 3 is 2.87 bits per heavy atom. The summed E-state index contributed by atoms with van der Waals surface area (Å²) in [5, 5.41) is 9.97. The zero-order valence-electron chi connectivity index (χ0n) is 9.04. The lowest BCUT2D eigenvalue weighted by molar-refractivity contribution is 0.164. The third kappa shape index (κ3) is 3.80. The van der Waals surface area contributed by atoms with Gasteiger partial charge in [0.2, 0.25) is 0 Å². The van der Waals surface area contributed by atoms with E-state index in [-0.39, 0.29) is 6.10 Å². The lowest BCUT2D eigenvalue weighted by Gasteiger charge is -2.13. The molecule has 1 N–H and O–H groups in total. The highest BCUT2D eigenvalue weighted by Gasteiger charge is 2.09. The maximum Gasteiger partial charge on any atom is 0.0792 e. The molecule has 15 heavy (non-hydrogen) atoms. The highest BCUT2D eigenvalue weighted by atomic mass is 79.9. The van der Waals surface area contributed by atoms with Crippen molar-refractivity contribution < 1.29 is 5.11 Å². The second kappa shape index (κ2) is 6.09. The summed E-state index contributed by atoms with van der Waals surface area (Å²) >= 11 is 3.41. The summed E-state index contributed by atoms with van der Waals surface area (Å²) in [5.74, 6) is 0. The van der Waals surface area contributed by atoms with Crippen LogP contribution in [0.5, 0.6) is 0 Å². The second-order valence-corrected chi connectivity index (χ2v) is 4.65. The number of aliphatic hydroxyl groups is 1. The van der Waals surface area contributed by atoms with Crippen LogP contribution in [0.25, 0.3) is 0 Å². The van der Waals surface area contributed by atoms with Crippen LogP contribution in [0.4, 0.5) is 0 Å². The topological polar surface area (TPSA) is 20.2 Å². The molecule has 0 amide bonds. The first-order valence-corrected chi connectivity index (χ1v) is 5.99. The summed E-state index contributed by atoms with van der Waals surface area (Å²) in [6.07, 6.45) is 4.29. The number of halogens is 1. The van der Waals surface area contributed by atoms with E-state index in [1.165, 1.54) is 0 Å². The Balaban J connectivity index is 2.64. The average molecular weight is 269 g/mol. The van der Waals surface area contributed by atoms with E-state index >= 15 is 0 Å². The molecule has 0 bridgehead atoms. The molecular formula is C13H17BrO. The van der Waals surface area contributed by atoms with Gasteiger partial charge in [0.1, 0.15) is 0 Å². The van der Waals surface area contributed by atoms with Crippen molar-refractivity contribution in [3.8, 4) is 0 Å². The van der Waals surface area contributed by atoms with E-state index in [1.54, 1.807) is 0 Å². The molecule has 1 nitrogen and oxygen atoms in total. The summed E-state index contributed by atoms with van der Waals surface area (Å²) in [6.45, 7) is 5.70. The molecule has 0 aliphatic carbocycles. The molecule has 1 aromatic carbocycles. The Morgan fingerprint density at radius 2 is 2.27 bits per heavy atom. The number of aliphatic hydroxyl groups excluding tert-OH is 1. The highest BCUT2D eigenvalue weighted by Crippen LogP contribution is 2.25. The van der Waals surface area contributed by atoms with Crippen LogP contribution in [0.2, 0.25) is 0 Å². The van der Waals surface area contributed by atoms with Gasteiger partial charge in [0, 0.05) is 4.47 Å². The van der Waals surface area contributed by atoms with Gasteiger partial charge in [-0.25, -0.2) is 0 Å². The van der Waals surface area contributed by atoms with Gasteiger partial charge in [-0.1, -0.05) is 28.1 Å². The Bertz CT molecular complexity index is 333.